The van der Waals surface area contributed by atoms with E-state index < -0.39 is 35.3 Å². The predicted molar refractivity (Wildman–Crippen MR) is 177 cm³/mol. The number of carbonyl (C=O) groups is 3. The van der Waals surface area contributed by atoms with Crippen molar-refractivity contribution in [3.8, 4) is 11.1 Å². The molecule has 0 unspecified atom stereocenters. The Balaban J connectivity index is 1.33. The number of para-hydroxylation sites is 1. The standard InChI is InChI=1S/C37H34F3N5O4/c1-21-29(17-35(47)44-18-26(19-44)49-2)28-6-3-4-8-33(28)45(21)20-34(46)43-32(14-22-12-24(38)16-25(39)13-22)36-27(7-5-11-42-36)23-9-10-31(40)30(15-23)37(41)48/h3-13,15-16,26,32H,14,17-20H2,1-2H3,(H2,41,48)(H,43,46)/t32-/m0/s1. The molecule has 9 nitrogen and oxygen atoms in total. The summed E-state index contributed by atoms with van der Waals surface area (Å²) in [5, 5.41) is 3.85. The fourth-order valence-corrected chi connectivity index (χ4v) is 6.37. The van der Waals surface area contributed by atoms with Gasteiger partial charge in [0.2, 0.25) is 11.8 Å². The summed E-state index contributed by atoms with van der Waals surface area (Å²) in [6, 6.07) is 16.9. The Bertz CT molecular complexity index is 2050. The molecule has 0 bridgehead atoms. The van der Waals surface area contributed by atoms with Gasteiger partial charge in [-0.3, -0.25) is 19.4 Å². The van der Waals surface area contributed by atoms with E-state index in [0.29, 0.717) is 29.9 Å². The summed E-state index contributed by atoms with van der Waals surface area (Å²) < 4.78 is 50.1. The number of methoxy groups -OCH3 is 1. The van der Waals surface area contributed by atoms with E-state index in [-0.39, 0.29) is 42.5 Å². The van der Waals surface area contributed by atoms with Gasteiger partial charge in [-0.2, -0.15) is 0 Å². The van der Waals surface area contributed by atoms with Gasteiger partial charge in [-0.05, 0) is 66.4 Å². The number of likely N-dealkylation sites (tertiary alicyclic amines) is 1. The molecule has 0 spiro atoms. The number of nitrogens with two attached hydrogens (primary N) is 1. The van der Waals surface area contributed by atoms with Gasteiger partial charge in [-0.1, -0.05) is 30.3 Å². The van der Waals surface area contributed by atoms with E-state index in [1.165, 1.54) is 30.5 Å². The maximum Gasteiger partial charge on any atom is 0.251 e. The van der Waals surface area contributed by atoms with Crippen molar-refractivity contribution in [2.24, 2.45) is 5.73 Å². The molecule has 5 aromatic rings. The molecule has 3 amide bonds. The summed E-state index contributed by atoms with van der Waals surface area (Å²) >= 11 is 0. The van der Waals surface area contributed by atoms with Crippen molar-refractivity contribution >= 4 is 28.6 Å². The lowest BCUT2D eigenvalue weighted by atomic mass is 9.94. The summed E-state index contributed by atoms with van der Waals surface area (Å²) in [6.07, 6.45) is 1.65. The number of hydrogen-bond acceptors (Lipinski definition) is 5. The van der Waals surface area contributed by atoms with Crippen molar-refractivity contribution in [3.63, 3.8) is 0 Å². The van der Waals surface area contributed by atoms with Gasteiger partial charge < -0.3 is 25.3 Å². The molecule has 1 aliphatic heterocycles. The van der Waals surface area contributed by atoms with Crippen LogP contribution in [0.3, 0.4) is 0 Å². The van der Waals surface area contributed by atoms with Crippen LogP contribution in [0, 0.1) is 24.4 Å². The number of primary amides is 1. The van der Waals surface area contributed by atoms with Crippen LogP contribution in [-0.4, -0.2) is 58.5 Å². The highest BCUT2D eigenvalue weighted by atomic mass is 19.1. The fourth-order valence-electron chi connectivity index (χ4n) is 6.37. The zero-order valence-corrected chi connectivity index (χ0v) is 26.9. The second-order valence-electron chi connectivity index (χ2n) is 12.1. The Labute approximate surface area is 280 Å². The van der Waals surface area contributed by atoms with E-state index >= 15 is 0 Å². The first-order valence-electron chi connectivity index (χ1n) is 15.7. The third-order valence-electron chi connectivity index (χ3n) is 8.93. The summed E-state index contributed by atoms with van der Waals surface area (Å²) in [6.45, 7) is 2.79. The lowest BCUT2D eigenvalue weighted by molar-refractivity contribution is -0.142. The topological polar surface area (TPSA) is 120 Å². The maximum absolute atomic E-state index is 14.4. The molecule has 0 aliphatic carbocycles. The molecule has 1 atom stereocenters. The fraction of sp³-hybridized carbons (Fsp3) is 0.243. The Kier molecular flexibility index (Phi) is 9.50. The Morgan fingerprint density at radius 1 is 1.00 bits per heavy atom. The van der Waals surface area contributed by atoms with Crippen molar-refractivity contribution < 1.29 is 32.3 Å². The summed E-state index contributed by atoms with van der Waals surface area (Å²) in [4.78, 5) is 45.2. The minimum atomic E-state index is -0.954. The highest BCUT2D eigenvalue weighted by molar-refractivity contribution is 5.95. The van der Waals surface area contributed by atoms with Crippen LogP contribution in [-0.2, 0) is 33.7 Å². The van der Waals surface area contributed by atoms with Crippen molar-refractivity contribution in [1.29, 1.82) is 0 Å². The average molecular weight is 670 g/mol. The number of amides is 3. The van der Waals surface area contributed by atoms with Crippen molar-refractivity contribution in [2.75, 3.05) is 20.2 Å². The summed E-state index contributed by atoms with van der Waals surface area (Å²) in [7, 11) is 1.62. The van der Waals surface area contributed by atoms with Gasteiger partial charge in [-0.15, -0.1) is 0 Å². The molecule has 252 valence electrons. The van der Waals surface area contributed by atoms with Gasteiger partial charge in [0.05, 0.1) is 29.8 Å². The molecular formula is C37H34F3N5O4. The minimum Gasteiger partial charge on any atom is -0.378 e. The van der Waals surface area contributed by atoms with Crippen LogP contribution in [0.5, 0.6) is 0 Å². The van der Waals surface area contributed by atoms with Crippen molar-refractivity contribution in [3.05, 3.63) is 125 Å². The molecule has 0 radical (unpaired) electrons. The van der Waals surface area contributed by atoms with Crippen LogP contribution in [0.1, 0.15) is 38.9 Å². The second-order valence-corrected chi connectivity index (χ2v) is 12.1. The number of hydrogen-bond donors (Lipinski definition) is 2. The predicted octanol–water partition coefficient (Wildman–Crippen LogP) is 5.03. The van der Waals surface area contributed by atoms with Gasteiger partial charge >= 0.3 is 0 Å². The first-order chi connectivity index (χ1) is 23.5. The third-order valence-corrected chi connectivity index (χ3v) is 8.93. The van der Waals surface area contributed by atoms with Gasteiger partial charge in [0.25, 0.3) is 5.91 Å². The maximum atomic E-state index is 14.4. The number of pyridine rings is 1. The van der Waals surface area contributed by atoms with Crippen LogP contribution < -0.4 is 11.1 Å². The lowest BCUT2D eigenvalue weighted by Crippen LogP contribution is -2.54. The minimum absolute atomic E-state index is 0.0276. The number of halogens is 3. The van der Waals surface area contributed by atoms with Gasteiger partial charge in [0, 0.05) is 54.6 Å². The van der Waals surface area contributed by atoms with Crippen LogP contribution in [0.15, 0.2) is 79.0 Å². The largest absolute Gasteiger partial charge is 0.378 e. The molecule has 6 rings (SSSR count). The number of carbonyl (C=O) groups excluding carboxylic acids is 3. The Morgan fingerprint density at radius 2 is 1.73 bits per heavy atom. The molecule has 2 aromatic heterocycles. The first kappa shape index (κ1) is 33.4. The number of rotatable bonds is 11. The molecule has 3 aromatic carbocycles. The Hall–Kier alpha value is -5.49. The van der Waals surface area contributed by atoms with Crippen LogP contribution in [0.25, 0.3) is 22.0 Å². The highest BCUT2D eigenvalue weighted by Crippen LogP contribution is 2.31. The quantitative estimate of drug-likeness (QED) is 0.205. The van der Waals surface area contributed by atoms with Crippen LogP contribution in [0.2, 0.25) is 0 Å². The summed E-state index contributed by atoms with van der Waals surface area (Å²) in [5.74, 6) is -3.76. The smallest absolute Gasteiger partial charge is 0.251 e. The monoisotopic (exact) mass is 669 g/mol. The van der Waals surface area contributed by atoms with E-state index in [0.717, 1.165) is 34.3 Å². The zero-order chi connectivity index (χ0) is 34.8. The molecule has 12 heteroatoms. The number of fused-ring (bicyclic) bond motifs is 1. The molecular weight excluding hydrogens is 635 g/mol. The molecule has 49 heavy (non-hydrogen) atoms. The number of nitrogens with zero attached hydrogens (tertiary/aromatic N) is 3. The number of nitrogens with one attached hydrogen (secondary N) is 1. The van der Waals surface area contributed by atoms with Crippen LogP contribution in [0.4, 0.5) is 13.2 Å². The van der Waals surface area contributed by atoms with E-state index in [2.05, 4.69) is 10.3 Å². The SMILES string of the molecule is COC1CN(C(=O)Cc2c(C)n(CC(=O)N[C@@H](Cc3cc(F)cc(F)c3)c3ncccc3-c3ccc(F)c(C(N)=O)c3)c3ccccc23)C1. The van der Waals surface area contributed by atoms with Gasteiger partial charge in [0.1, 0.15) is 24.0 Å². The highest BCUT2D eigenvalue weighted by Gasteiger charge is 2.31. The molecule has 1 saturated heterocycles. The van der Waals surface area contributed by atoms with Gasteiger partial charge in [-0.25, -0.2) is 13.2 Å². The summed E-state index contributed by atoms with van der Waals surface area (Å²) in [5.41, 5.74) is 8.86. The molecule has 0 saturated carbocycles. The van der Waals surface area contributed by atoms with Crippen molar-refractivity contribution in [2.45, 2.75) is 38.5 Å². The Morgan fingerprint density at radius 3 is 2.45 bits per heavy atom. The third kappa shape index (κ3) is 7.05. The lowest BCUT2D eigenvalue weighted by Gasteiger charge is -2.38. The molecule has 1 fully saturated rings. The van der Waals surface area contributed by atoms with Crippen LogP contribution >= 0.6 is 0 Å². The van der Waals surface area contributed by atoms with E-state index in [1.54, 1.807) is 24.1 Å². The molecule has 3 N–H and O–H groups in total. The molecule has 3 heterocycles. The van der Waals surface area contributed by atoms with E-state index in [4.69, 9.17) is 10.5 Å². The number of aromatic nitrogens is 2. The van der Waals surface area contributed by atoms with E-state index in [9.17, 15) is 27.6 Å². The normalized spacial score (nSPS) is 13.7. The van der Waals surface area contributed by atoms with Crippen molar-refractivity contribution in [1.82, 2.24) is 19.8 Å². The average Bonchev–Trinajstić information content (AvgIpc) is 3.29. The number of ether oxygens (including phenoxy) is 1. The first-order valence-corrected chi connectivity index (χ1v) is 15.7. The number of benzene rings is 3. The molecule has 1 aliphatic rings. The van der Waals surface area contributed by atoms with E-state index in [1.807, 2.05) is 35.8 Å². The van der Waals surface area contributed by atoms with Gasteiger partial charge in [0.15, 0.2) is 0 Å². The zero-order valence-electron chi connectivity index (χ0n) is 26.9. The second kappa shape index (κ2) is 13.9.